The summed E-state index contributed by atoms with van der Waals surface area (Å²) in [6.07, 6.45) is 0. The maximum absolute atomic E-state index is 12.8. The van der Waals surface area contributed by atoms with Crippen molar-refractivity contribution in [2.45, 2.75) is 19.8 Å². The van der Waals surface area contributed by atoms with Gasteiger partial charge in [-0.3, -0.25) is 9.59 Å². The van der Waals surface area contributed by atoms with Gasteiger partial charge in [-0.15, -0.1) is 0 Å². The van der Waals surface area contributed by atoms with E-state index in [0.29, 0.717) is 18.8 Å². The molecule has 0 bridgehead atoms. The predicted octanol–water partition coefficient (Wildman–Crippen LogP) is 0.898. The molecular formula is C21H23N5O5. The van der Waals surface area contributed by atoms with Crippen molar-refractivity contribution < 1.29 is 14.9 Å². The highest BCUT2D eigenvalue weighted by atomic mass is 16.5. The third-order valence-corrected chi connectivity index (χ3v) is 5.29. The van der Waals surface area contributed by atoms with Gasteiger partial charge in [-0.1, -0.05) is 12.1 Å². The van der Waals surface area contributed by atoms with Gasteiger partial charge in [0, 0.05) is 18.8 Å². The third kappa shape index (κ3) is 4.02. The molecule has 2 aromatic heterocycles. The first-order valence-corrected chi connectivity index (χ1v) is 9.87. The molecule has 4 N–H and O–H groups in total. The van der Waals surface area contributed by atoms with Crippen LogP contribution < -0.4 is 16.0 Å². The first kappa shape index (κ1) is 20.6. The van der Waals surface area contributed by atoms with E-state index in [2.05, 4.69) is 24.8 Å². The van der Waals surface area contributed by atoms with Crippen molar-refractivity contribution in [3.05, 3.63) is 73.3 Å². The SMILES string of the molecule is Cc1nc(O)c(C(c2ccc(N3CCOCC3)cc2)c2c(O)nc(C)[nH]c2=O)c(=O)[nH]1. The van der Waals surface area contributed by atoms with Crippen LogP contribution in [0, 0.1) is 13.8 Å². The number of aromatic hydroxyl groups is 2. The van der Waals surface area contributed by atoms with Gasteiger partial charge in [0.1, 0.15) is 11.6 Å². The Hall–Kier alpha value is -3.66. The highest BCUT2D eigenvalue weighted by Crippen LogP contribution is 2.36. The number of aryl methyl sites for hydroxylation is 2. The molecule has 3 heterocycles. The number of ether oxygens (including phenoxy) is 1. The summed E-state index contributed by atoms with van der Waals surface area (Å²) in [5.41, 5.74) is -0.00773. The normalized spacial score (nSPS) is 14.2. The fourth-order valence-electron chi connectivity index (χ4n) is 3.86. The Morgan fingerprint density at radius 3 is 1.84 bits per heavy atom. The Labute approximate surface area is 177 Å². The monoisotopic (exact) mass is 425 g/mol. The zero-order valence-corrected chi connectivity index (χ0v) is 17.2. The van der Waals surface area contributed by atoms with Crippen LogP contribution in [0.25, 0.3) is 0 Å². The van der Waals surface area contributed by atoms with E-state index in [1.165, 1.54) is 13.8 Å². The summed E-state index contributed by atoms with van der Waals surface area (Å²) in [4.78, 5) is 40.7. The van der Waals surface area contributed by atoms with Crippen molar-refractivity contribution in [1.29, 1.82) is 0 Å². The van der Waals surface area contributed by atoms with Gasteiger partial charge in [-0.25, -0.2) is 9.97 Å². The van der Waals surface area contributed by atoms with E-state index in [1.807, 2.05) is 12.1 Å². The molecule has 0 atom stereocenters. The van der Waals surface area contributed by atoms with E-state index >= 15 is 0 Å². The minimum atomic E-state index is -1.08. The van der Waals surface area contributed by atoms with Crippen molar-refractivity contribution in [2.75, 3.05) is 31.2 Å². The second-order valence-corrected chi connectivity index (χ2v) is 7.40. The molecule has 0 saturated carbocycles. The number of aromatic amines is 2. The van der Waals surface area contributed by atoms with Crippen LogP contribution in [0.2, 0.25) is 0 Å². The molecule has 1 saturated heterocycles. The molecule has 1 aliphatic rings. The van der Waals surface area contributed by atoms with Crippen LogP contribution in [0.3, 0.4) is 0 Å². The zero-order chi connectivity index (χ0) is 22.1. The van der Waals surface area contributed by atoms with Crippen molar-refractivity contribution in [2.24, 2.45) is 0 Å². The largest absolute Gasteiger partial charge is 0.493 e. The van der Waals surface area contributed by atoms with Crippen molar-refractivity contribution in [3.8, 4) is 11.8 Å². The number of anilines is 1. The molecule has 10 nitrogen and oxygen atoms in total. The van der Waals surface area contributed by atoms with Gasteiger partial charge in [0.25, 0.3) is 11.1 Å². The lowest BCUT2D eigenvalue weighted by molar-refractivity contribution is 0.122. The van der Waals surface area contributed by atoms with E-state index in [1.54, 1.807) is 12.1 Å². The molecule has 10 heteroatoms. The van der Waals surface area contributed by atoms with Crippen LogP contribution in [0.15, 0.2) is 33.9 Å². The van der Waals surface area contributed by atoms with Gasteiger partial charge in [-0.05, 0) is 31.5 Å². The number of rotatable bonds is 4. The standard InChI is InChI=1S/C21H23N5O5/c1-11-22-18(27)16(19(28)23-11)15(17-20(29)24-12(2)25-21(17)30)13-3-5-14(6-4-13)26-7-9-31-10-8-26/h3-6,15H,7-10H2,1-2H3,(H2,22,23,27,28)(H2,24,25,29,30). The molecule has 1 aromatic carbocycles. The fourth-order valence-corrected chi connectivity index (χ4v) is 3.86. The number of hydrogen-bond acceptors (Lipinski definition) is 8. The van der Waals surface area contributed by atoms with Crippen LogP contribution in [0.4, 0.5) is 5.69 Å². The minimum Gasteiger partial charge on any atom is -0.493 e. The number of aromatic nitrogens is 4. The average Bonchev–Trinajstić information content (AvgIpc) is 2.72. The lowest BCUT2D eigenvalue weighted by Gasteiger charge is -2.29. The maximum Gasteiger partial charge on any atom is 0.258 e. The molecule has 0 amide bonds. The highest BCUT2D eigenvalue weighted by molar-refractivity contribution is 5.53. The molecular weight excluding hydrogens is 402 g/mol. The van der Waals surface area contributed by atoms with E-state index in [-0.39, 0.29) is 22.8 Å². The predicted molar refractivity (Wildman–Crippen MR) is 113 cm³/mol. The average molecular weight is 425 g/mol. The fraction of sp³-hybridized carbons (Fsp3) is 0.333. The molecule has 0 spiro atoms. The first-order chi connectivity index (χ1) is 14.8. The Kier molecular flexibility index (Phi) is 5.47. The summed E-state index contributed by atoms with van der Waals surface area (Å²) in [5, 5.41) is 21.0. The number of nitrogens with zero attached hydrogens (tertiary/aromatic N) is 3. The summed E-state index contributed by atoms with van der Waals surface area (Å²) in [6, 6.07) is 7.25. The molecule has 31 heavy (non-hydrogen) atoms. The van der Waals surface area contributed by atoms with E-state index in [0.717, 1.165) is 18.8 Å². The van der Waals surface area contributed by atoms with Crippen molar-refractivity contribution in [3.63, 3.8) is 0 Å². The second-order valence-electron chi connectivity index (χ2n) is 7.40. The quantitative estimate of drug-likeness (QED) is 0.483. The molecule has 3 aromatic rings. The van der Waals surface area contributed by atoms with Crippen LogP contribution in [-0.4, -0.2) is 56.5 Å². The zero-order valence-electron chi connectivity index (χ0n) is 17.2. The van der Waals surface area contributed by atoms with E-state index < -0.39 is 28.8 Å². The molecule has 0 radical (unpaired) electrons. The number of morpholine rings is 1. The Morgan fingerprint density at radius 2 is 1.39 bits per heavy atom. The molecule has 0 aliphatic carbocycles. The smallest absolute Gasteiger partial charge is 0.258 e. The molecule has 4 rings (SSSR count). The Morgan fingerprint density at radius 1 is 0.903 bits per heavy atom. The molecule has 1 aliphatic heterocycles. The van der Waals surface area contributed by atoms with Gasteiger partial charge >= 0.3 is 0 Å². The van der Waals surface area contributed by atoms with Crippen LogP contribution in [0.5, 0.6) is 11.8 Å². The summed E-state index contributed by atoms with van der Waals surface area (Å²) in [6.45, 7) is 5.87. The topological polar surface area (TPSA) is 144 Å². The second kappa shape index (κ2) is 8.23. The van der Waals surface area contributed by atoms with E-state index in [4.69, 9.17) is 4.74 Å². The van der Waals surface area contributed by atoms with Crippen molar-refractivity contribution >= 4 is 5.69 Å². The van der Waals surface area contributed by atoms with Crippen LogP contribution >= 0.6 is 0 Å². The van der Waals surface area contributed by atoms with Gasteiger partial charge < -0.3 is 29.8 Å². The number of hydrogen-bond donors (Lipinski definition) is 4. The van der Waals surface area contributed by atoms with Gasteiger partial charge in [-0.2, -0.15) is 0 Å². The number of benzene rings is 1. The van der Waals surface area contributed by atoms with Gasteiger partial charge in [0.15, 0.2) is 0 Å². The molecule has 162 valence electrons. The summed E-state index contributed by atoms with van der Waals surface area (Å²) in [5.74, 6) is -1.64. The third-order valence-electron chi connectivity index (χ3n) is 5.29. The lowest BCUT2D eigenvalue weighted by Crippen LogP contribution is -2.36. The molecule has 0 unspecified atom stereocenters. The maximum atomic E-state index is 12.8. The Balaban J connectivity index is 1.88. The van der Waals surface area contributed by atoms with Gasteiger partial charge in [0.05, 0.1) is 30.3 Å². The van der Waals surface area contributed by atoms with Crippen molar-refractivity contribution in [1.82, 2.24) is 19.9 Å². The van der Waals surface area contributed by atoms with Gasteiger partial charge in [0.2, 0.25) is 11.8 Å². The summed E-state index contributed by atoms with van der Waals surface area (Å²) < 4.78 is 5.38. The number of nitrogens with one attached hydrogen (secondary N) is 2. The highest BCUT2D eigenvalue weighted by Gasteiger charge is 2.30. The summed E-state index contributed by atoms with van der Waals surface area (Å²) >= 11 is 0. The first-order valence-electron chi connectivity index (χ1n) is 9.87. The minimum absolute atomic E-state index is 0.142. The van der Waals surface area contributed by atoms with Crippen LogP contribution in [-0.2, 0) is 4.74 Å². The molecule has 1 fully saturated rings. The number of H-pyrrole nitrogens is 2. The van der Waals surface area contributed by atoms with Crippen LogP contribution in [0.1, 0.15) is 34.3 Å². The Bertz CT molecular complexity index is 1150. The van der Waals surface area contributed by atoms with E-state index in [9.17, 15) is 19.8 Å². The summed E-state index contributed by atoms with van der Waals surface area (Å²) in [7, 11) is 0. The lowest BCUT2D eigenvalue weighted by atomic mass is 9.86.